The van der Waals surface area contributed by atoms with Crippen molar-refractivity contribution in [3.63, 3.8) is 0 Å². The summed E-state index contributed by atoms with van der Waals surface area (Å²) in [6.07, 6.45) is 2.08. The lowest BCUT2D eigenvalue weighted by Crippen LogP contribution is -2.40. The number of carbonyl (C=O) groups is 1. The third kappa shape index (κ3) is 4.63. The van der Waals surface area contributed by atoms with Crippen LogP contribution in [0.15, 0.2) is 40.8 Å². The van der Waals surface area contributed by atoms with Crippen molar-refractivity contribution >= 4 is 52.3 Å². The van der Waals surface area contributed by atoms with Crippen molar-refractivity contribution in [3.05, 3.63) is 42.2 Å². The smallest absolute Gasteiger partial charge is 0.289 e. The van der Waals surface area contributed by atoms with Crippen LogP contribution in [0.1, 0.15) is 23.4 Å². The molecule has 1 N–H and O–H groups in total. The first-order valence-corrected chi connectivity index (χ1v) is 9.46. The van der Waals surface area contributed by atoms with Gasteiger partial charge in [0.1, 0.15) is 0 Å². The van der Waals surface area contributed by atoms with E-state index in [1.807, 2.05) is 42.3 Å². The number of likely N-dealkylation sites (tertiary alicyclic amines) is 1. The topological polar surface area (TPSA) is 58.4 Å². The number of halogens is 2. The Morgan fingerprint density at radius 1 is 1.22 bits per heavy atom. The van der Waals surface area contributed by atoms with Crippen molar-refractivity contribution in [2.45, 2.75) is 12.8 Å². The molecule has 0 atom stereocenters. The van der Waals surface area contributed by atoms with Gasteiger partial charge in [-0.25, -0.2) is 4.98 Å². The normalized spacial score (nSPS) is 14.6. The summed E-state index contributed by atoms with van der Waals surface area (Å²) >= 11 is 1.58. The molecule has 3 aromatic rings. The van der Waals surface area contributed by atoms with E-state index in [-0.39, 0.29) is 30.7 Å². The number of piperidine rings is 1. The molecule has 1 aliphatic heterocycles. The SMILES string of the molecule is CNCC1CCN(C(=O)c2ccc(-c3nc4ccccc4s3)o2)CC1.Cl.Cl. The summed E-state index contributed by atoms with van der Waals surface area (Å²) in [5.41, 5.74) is 0.957. The maximum Gasteiger partial charge on any atom is 0.289 e. The number of hydrogen-bond acceptors (Lipinski definition) is 5. The Hall–Kier alpha value is -1.60. The van der Waals surface area contributed by atoms with Crippen molar-refractivity contribution in [2.75, 3.05) is 26.7 Å². The number of aromatic nitrogens is 1. The monoisotopic (exact) mass is 427 g/mol. The Morgan fingerprint density at radius 3 is 2.67 bits per heavy atom. The summed E-state index contributed by atoms with van der Waals surface area (Å²) in [6, 6.07) is 11.6. The van der Waals surface area contributed by atoms with Crippen molar-refractivity contribution in [1.29, 1.82) is 0 Å². The summed E-state index contributed by atoms with van der Waals surface area (Å²) < 4.78 is 6.95. The van der Waals surface area contributed by atoms with E-state index in [1.54, 1.807) is 17.4 Å². The number of fused-ring (bicyclic) bond motifs is 1. The molecule has 1 saturated heterocycles. The fourth-order valence-corrected chi connectivity index (χ4v) is 4.26. The molecule has 0 saturated carbocycles. The molecule has 27 heavy (non-hydrogen) atoms. The van der Waals surface area contributed by atoms with Gasteiger partial charge in [0.2, 0.25) is 0 Å². The van der Waals surface area contributed by atoms with E-state index in [2.05, 4.69) is 10.3 Å². The Morgan fingerprint density at radius 2 is 1.96 bits per heavy atom. The van der Waals surface area contributed by atoms with E-state index in [4.69, 9.17) is 4.42 Å². The van der Waals surface area contributed by atoms with Gasteiger partial charge in [-0.2, -0.15) is 0 Å². The van der Waals surface area contributed by atoms with Gasteiger partial charge in [0, 0.05) is 13.1 Å². The van der Waals surface area contributed by atoms with Crippen LogP contribution >= 0.6 is 36.2 Å². The number of thiazole rings is 1. The zero-order valence-electron chi connectivity index (χ0n) is 15.0. The number of carbonyl (C=O) groups excluding carboxylic acids is 1. The van der Waals surface area contributed by atoms with Crippen molar-refractivity contribution in [1.82, 2.24) is 15.2 Å². The fourth-order valence-electron chi connectivity index (χ4n) is 3.33. The minimum atomic E-state index is -0.0183. The molecule has 1 amide bonds. The van der Waals surface area contributed by atoms with E-state index in [9.17, 15) is 4.79 Å². The van der Waals surface area contributed by atoms with Crippen LogP contribution in [0.4, 0.5) is 0 Å². The highest BCUT2D eigenvalue weighted by Crippen LogP contribution is 2.31. The van der Waals surface area contributed by atoms with Gasteiger partial charge in [0.05, 0.1) is 10.2 Å². The predicted octanol–water partition coefficient (Wildman–Crippen LogP) is 4.47. The van der Waals surface area contributed by atoms with Crippen LogP contribution in [0.25, 0.3) is 21.0 Å². The lowest BCUT2D eigenvalue weighted by atomic mass is 9.97. The molecule has 1 aromatic carbocycles. The molecule has 0 aliphatic carbocycles. The average molecular weight is 428 g/mol. The van der Waals surface area contributed by atoms with Gasteiger partial charge in [-0.3, -0.25) is 4.79 Å². The van der Waals surface area contributed by atoms with E-state index >= 15 is 0 Å². The molecule has 0 bridgehead atoms. The van der Waals surface area contributed by atoms with Crippen LogP contribution in [-0.2, 0) is 0 Å². The molecule has 146 valence electrons. The highest BCUT2D eigenvalue weighted by atomic mass is 35.5. The molecule has 0 spiro atoms. The number of rotatable bonds is 4. The number of nitrogens with zero attached hydrogens (tertiary/aromatic N) is 2. The van der Waals surface area contributed by atoms with Crippen LogP contribution in [-0.4, -0.2) is 42.5 Å². The van der Waals surface area contributed by atoms with Crippen LogP contribution in [0.2, 0.25) is 0 Å². The van der Waals surface area contributed by atoms with Gasteiger partial charge in [0.15, 0.2) is 16.5 Å². The van der Waals surface area contributed by atoms with Gasteiger partial charge in [0.25, 0.3) is 5.91 Å². The Bertz CT molecular complexity index is 855. The minimum absolute atomic E-state index is 0. The van der Waals surface area contributed by atoms with Gasteiger partial charge in [-0.1, -0.05) is 12.1 Å². The Balaban J connectivity index is 0.00000131. The maximum absolute atomic E-state index is 12.7. The summed E-state index contributed by atoms with van der Waals surface area (Å²) in [7, 11) is 1.98. The number of amides is 1. The third-order valence-electron chi connectivity index (χ3n) is 4.72. The molecule has 4 rings (SSSR count). The first kappa shape index (κ1) is 21.7. The predicted molar refractivity (Wildman–Crippen MR) is 114 cm³/mol. The summed E-state index contributed by atoms with van der Waals surface area (Å²) in [6.45, 7) is 2.61. The standard InChI is InChI=1S/C19H21N3O2S.2ClH/c1-20-12-13-8-10-22(11-9-13)19(23)16-7-6-15(24-16)18-21-14-4-2-3-5-17(14)25-18;;/h2-7,13,20H,8-12H2,1H3;2*1H. The zero-order valence-corrected chi connectivity index (χ0v) is 17.5. The number of hydrogen-bond donors (Lipinski definition) is 1. The van der Waals surface area contributed by atoms with Gasteiger partial charge in [-0.05, 0) is 56.6 Å². The van der Waals surface area contributed by atoms with E-state index in [0.29, 0.717) is 17.4 Å². The van der Waals surface area contributed by atoms with Crippen molar-refractivity contribution in [2.24, 2.45) is 5.92 Å². The number of para-hydroxylation sites is 1. The minimum Gasteiger partial charge on any atom is -0.448 e. The lowest BCUT2D eigenvalue weighted by Gasteiger charge is -2.31. The summed E-state index contributed by atoms with van der Waals surface area (Å²) in [5.74, 6) is 1.70. The first-order chi connectivity index (χ1) is 12.2. The van der Waals surface area contributed by atoms with Gasteiger partial charge < -0.3 is 14.6 Å². The molecular weight excluding hydrogens is 405 g/mol. The van der Waals surface area contributed by atoms with Gasteiger partial charge in [-0.15, -0.1) is 36.2 Å². The Labute approximate surface area is 175 Å². The number of nitrogens with one attached hydrogen (secondary N) is 1. The maximum atomic E-state index is 12.7. The van der Waals surface area contributed by atoms with E-state index in [1.165, 1.54) is 0 Å². The highest BCUT2D eigenvalue weighted by Gasteiger charge is 2.25. The second-order valence-corrected chi connectivity index (χ2v) is 7.47. The molecule has 1 fully saturated rings. The van der Waals surface area contributed by atoms with Crippen LogP contribution in [0.3, 0.4) is 0 Å². The largest absolute Gasteiger partial charge is 0.448 e. The molecule has 1 aliphatic rings. The molecule has 0 radical (unpaired) electrons. The average Bonchev–Trinajstić information content (AvgIpc) is 3.29. The number of furan rings is 1. The van der Waals surface area contributed by atoms with E-state index < -0.39 is 0 Å². The van der Waals surface area contributed by atoms with E-state index in [0.717, 1.165) is 47.7 Å². The quantitative estimate of drug-likeness (QED) is 0.666. The van der Waals surface area contributed by atoms with Gasteiger partial charge >= 0.3 is 0 Å². The third-order valence-corrected chi connectivity index (χ3v) is 5.77. The second kappa shape index (κ2) is 9.55. The van der Waals surface area contributed by atoms with Crippen LogP contribution in [0.5, 0.6) is 0 Å². The van der Waals surface area contributed by atoms with Crippen molar-refractivity contribution in [3.8, 4) is 10.8 Å². The highest BCUT2D eigenvalue weighted by molar-refractivity contribution is 7.21. The molecule has 5 nitrogen and oxygen atoms in total. The number of benzene rings is 1. The van der Waals surface area contributed by atoms with Crippen molar-refractivity contribution < 1.29 is 9.21 Å². The van der Waals surface area contributed by atoms with Crippen LogP contribution in [0, 0.1) is 5.92 Å². The summed E-state index contributed by atoms with van der Waals surface area (Å²) in [4.78, 5) is 19.2. The Kier molecular flexibility index (Phi) is 7.68. The fraction of sp³-hybridized carbons (Fsp3) is 0.368. The second-order valence-electron chi connectivity index (χ2n) is 6.44. The molecule has 2 aromatic heterocycles. The molecule has 3 heterocycles. The molecular formula is C19H23Cl2N3O2S. The summed E-state index contributed by atoms with van der Waals surface area (Å²) in [5, 5.41) is 4.03. The first-order valence-electron chi connectivity index (χ1n) is 8.64. The van der Waals surface area contributed by atoms with Crippen LogP contribution < -0.4 is 5.32 Å². The molecule has 8 heteroatoms. The lowest BCUT2D eigenvalue weighted by molar-refractivity contribution is 0.0660. The zero-order chi connectivity index (χ0) is 17.2. The molecule has 0 unspecified atom stereocenters.